The average Bonchev–Trinajstić information content (AvgIpc) is 2.36. The lowest BCUT2D eigenvalue weighted by Crippen LogP contribution is -2.39. The molecule has 4 nitrogen and oxygen atoms in total. The van der Waals surface area contributed by atoms with E-state index in [-0.39, 0.29) is 17.3 Å². The average molecular weight is 299 g/mol. The van der Waals surface area contributed by atoms with E-state index in [0.29, 0.717) is 13.1 Å². The van der Waals surface area contributed by atoms with Crippen molar-refractivity contribution >= 4 is 11.6 Å². The van der Waals surface area contributed by atoms with Gasteiger partial charge in [-0.1, -0.05) is 6.92 Å². The number of hydrogen-bond acceptors (Lipinski definition) is 3. The van der Waals surface area contributed by atoms with Crippen LogP contribution in [-0.4, -0.2) is 44.0 Å². The van der Waals surface area contributed by atoms with Gasteiger partial charge in [-0.2, -0.15) is 0 Å². The fourth-order valence-corrected chi connectivity index (χ4v) is 2.02. The third-order valence-corrected chi connectivity index (χ3v) is 2.87. The number of nitrogens with one attached hydrogen (secondary N) is 2. The first kappa shape index (κ1) is 17.4. The van der Waals surface area contributed by atoms with Crippen LogP contribution in [0.2, 0.25) is 0 Å². The van der Waals surface area contributed by atoms with Crippen molar-refractivity contribution in [1.29, 1.82) is 0 Å². The zero-order valence-electron chi connectivity index (χ0n) is 13.0. The molecule has 1 unspecified atom stereocenters. The molecule has 0 heterocycles. The molecule has 1 atom stereocenters. The summed E-state index contributed by atoms with van der Waals surface area (Å²) in [6.07, 6.45) is 0.753. The topological polar surface area (TPSA) is 44.4 Å². The molecule has 6 heteroatoms. The third kappa shape index (κ3) is 5.30. The zero-order chi connectivity index (χ0) is 16.0. The highest BCUT2D eigenvalue weighted by Gasteiger charge is 2.16. The highest BCUT2D eigenvalue weighted by Crippen LogP contribution is 2.21. The van der Waals surface area contributed by atoms with Crippen LogP contribution in [0.4, 0.5) is 14.5 Å². The number of amides is 1. The maximum absolute atomic E-state index is 13.9. The number of nitrogens with zero attached hydrogens (tertiary/aromatic N) is 1. The van der Waals surface area contributed by atoms with Crippen molar-refractivity contribution in [3.63, 3.8) is 0 Å². The number of carbonyl (C=O) groups excluding carboxylic acids is 1. The van der Waals surface area contributed by atoms with Gasteiger partial charge < -0.3 is 15.5 Å². The summed E-state index contributed by atoms with van der Waals surface area (Å²) < 4.78 is 27.7. The van der Waals surface area contributed by atoms with Crippen LogP contribution in [0.3, 0.4) is 0 Å². The van der Waals surface area contributed by atoms with Gasteiger partial charge in [-0.05, 0) is 39.6 Å². The van der Waals surface area contributed by atoms with Gasteiger partial charge in [0.05, 0.1) is 0 Å². The standard InChI is InChI=1S/C15H23F2N3O/c1-5-6-18-14-12(16)7-11(8-13(14)17)15(21)19-10(2)9-20(3)4/h7-8,10,18H,5-6,9H2,1-4H3,(H,19,21). The van der Waals surface area contributed by atoms with Crippen LogP contribution in [0.15, 0.2) is 12.1 Å². The number of benzene rings is 1. The van der Waals surface area contributed by atoms with Crippen LogP contribution in [0, 0.1) is 11.6 Å². The molecule has 0 bridgehead atoms. The Hall–Kier alpha value is -1.69. The van der Waals surface area contributed by atoms with Gasteiger partial charge in [-0.25, -0.2) is 8.78 Å². The predicted octanol–water partition coefficient (Wildman–Crippen LogP) is 2.47. The fourth-order valence-electron chi connectivity index (χ4n) is 2.02. The summed E-state index contributed by atoms with van der Waals surface area (Å²) in [4.78, 5) is 13.9. The normalized spacial score (nSPS) is 12.3. The number of carbonyl (C=O) groups is 1. The van der Waals surface area contributed by atoms with Gasteiger partial charge in [0.25, 0.3) is 5.91 Å². The number of hydrogen-bond donors (Lipinski definition) is 2. The first-order valence-electron chi connectivity index (χ1n) is 7.03. The SMILES string of the molecule is CCCNc1c(F)cc(C(=O)NC(C)CN(C)C)cc1F. The molecule has 0 aliphatic carbocycles. The molecular formula is C15H23F2N3O. The molecule has 21 heavy (non-hydrogen) atoms. The molecule has 1 aromatic rings. The summed E-state index contributed by atoms with van der Waals surface area (Å²) in [5, 5.41) is 5.39. The molecular weight excluding hydrogens is 276 g/mol. The Kier molecular flexibility index (Phi) is 6.55. The highest BCUT2D eigenvalue weighted by molar-refractivity contribution is 5.94. The quantitative estimate of drug-likeness (QED) is 0.813. The Morgan fingerprint density at radius 1 is 1.29 bits per heavy atom. The predicted molar refractivity (Wildman–Crippen MR) is 80.6 cm³/mol. The number of rotatable bonds is 7. The molecule has 0 spiro atoms. The van der Waals surface area contributed by atoms with E-state index in [1.54, 1.807) is 0 Å². The van der Waals surface area contributed by atoms with Crippen molar-refractivity contribution < 1.29 is 13.6 Å². The van der Waals surface area contributed by atoms with Crippen molar-refractivity contribution in [2.75, 3.05) is 32.5 Å². The molecule has 118 valence electrons. The van der Waals surface area contributed by atoms with E-state index in [2.05, 4.69) is 10.6 Å². The molecule has 0 saturated heterocycles. The van der Waals surface area contributed by atoms with Crippen molar-refractivity contribution in [3.8, 4) is 0 Å². The summed E-state index contributed by atoms with van der Waals surface area (Å²) in [5.74, 6) is -1.99. The van der Waals surface area contributed by atoms with Crippen molar-refractivity contribution in [3.05, 3.63) is 29.3 Å². The number of halogens is 2. The second-order valence-electron chi connectivity index (χ2n) is 5.38. The van der Waals surface area contributed by atoms with E-state index < -0.39 is 17.5 Å². The van der Waals surface area contributed by atoms with Crippen LogP contribution in [0.1, 0.15) is 30.6 Å². The molecule has 0 saturated carbocycles. The van der Waals surface area contributed by atoms with E-state index in [4.69, 9.17) is 0 Å². The lowest BCUT2D eigenvalue weighted by atomic mass is 10.1. The van der Waals surface area contributed by atoms with Gasteiger partial charge in [0, 0.05) is 24.7 Å². The molecule has 0 radical (unpaired) electrons. The molecule has 2 N–H and O–H groups in total. The second-order valence-corrected chi connectivity index (χ2v) is 5.38. The minimum Gasteiger partial charge on any atom is -0.380 e. The minimum atomic E-state index is -0.756. The summed E-state index contributed by atoms with van der Waals surface area (Å²) in [5.41, 5.74) is -0.201. The van der Waals surface area contributed by atoms with E-state index in [9.17, 15) is 13.6 Å². The first-order valence-corrected chi connectivity index (χ1v) is 7.03. The van der Waals surface area contributed by atoms with Crippen LogP contribution in [0.5, 0.6) is 0 Å². The smallest absolute Gasteiger partial charge is 0.251 e. The van der Waals surface area contributed by atoms with Gasteiger partial charge in [0.2, 0.25) is 0 Å². The lowest BCUT2D eigenvalue weighted by Gasteiger charge is -2.18. The molecule has 0 fully saturated rings. The molecule has 0 aliphatic heterocycles. The third-order valence-electron chi connectivity index (χ3n) is 2.87. The maximum atomic E-state index is 13.9. The van der Waals surface area contributed by atoms with Crippen LogP contribution in [0.25, 0.3) is 0 Å². The number of anilines is 1. The van der Waals surface area contributed by atoms with Gasteiger partial charge in [0.15, 0.2) is 0 Å². The van der Waals surface area contributed by atoms with Gasteiger partial charge in [-0.15, -0.1) is 0 Å². The Morgan fingerprint density at radius 3 is 2.33 bits per heavy atom. The minimum absolute atomic E-state index is 0.0161. The van der Waals surface area contributed by atoms with E-state index in [0.717, 1.165) is 18.6 Å². The van der Waals surface area contributed by atoms with E-state index in [1.165, 1.54) is 0 Å². The highest BCUT2D eigenvalue weighted by atomic mass is 19.1. The van der Waals surface area contributed by atoms with Crippen LogP contribution < -0.4 is 10.6 Å². The Labute approximate surface area is 124 Å². The van der Waals surface area contributed by atoms with E-state index in [1.807, 2.05) is 32.8 Å². The number of likely N-dealkylation sites (N-methyl/N-ethyl adjacent to an activating group) is 1. The van der Waals surface area contributed by atoms with Crippen molar-refractivity contribution in [2.24, 2.45) is 0 Å². The first-order chi connectivity index (χ1) is 9.85. The largest absolute Gasteiger partial charge is 0.380 e. The monoisotopic (exact) mass is 299 g/mol. The van der Waals surface area contributed by atoms with Crippen molar-refractivity contribution in [2.45, 2.75) is 26.3 Å². The van der Waals surface area contributed by atoms with Crippen molar-refractivity contribution in [1.82, 2.24) is 10.2 Å². The zero-order valence-corrected chi connectivity index (χ0v) is 13.0. The van der Waals surface area contributed by atoms with E-state index >= 15 is 0 Å². The lowest BCUT2D eigenvalue weighted by molar-refractivity contribution is 0.0933. The van der Waals surface area contributed by atoms with Gasteiger partial charge in [-0.3, -0.25) is 4.79 Å². The Bertz CT molecular complexity index is 469. The fraction of sp³-hybridized carbons (Fsp3) is 0.533. The molecule has 0 aromatic heterocycles. The summed E-state index contributed by atoms with van der Waals surface area (Å²) in [6, 6.07) is 1.99. The van der Waals surface area contributed by atoms with Gasteiger partial charge in [0.1, 0.15) is 17.3 Å². The second kappa shape index (κ2) is 7.93. The molecule has 1 rings (SSSR count). The molecule has 1 amide bonds. The van der Waals surface area contributed by atoms with Gasteiger partial charge >= 0.3 is 0 Å². The van der Waals surface area contributed by atoms with Crippen LogP contribution >= 0.6 is 0 Å². The summed E-state index contributed by atoms with van der Waals surface area (Å²) in [7, 11) is 3.77. The molecule has 0 aliphatic rings. The summed E-state index contributed by atoms with van der Waals surface area (Å²) >= 11 is 0. The Morgan fingerprint density at radius 2 is 1.86 bits per heavy atom. The maximum Gasteiger partial charge on any atom is 0.251 e. The Balaban J connectivity index is 2.82. The molecule has 1 aromatic carbocycles. The summed E-state index contributed by atoms with van der Waals surface area (Å²) in [6.45, 7) is 4.85. The van der Waals surface area contributed by atoms with Crippen LogP contribution in [-0.2, 0) is 0 Å².